The largest absolute Gasteiger partial charge is 0.306 e. The molecule has 0 bridgehead atoms. The van der Waals surface area contributed by atoms with E-state index in [4.69, 9.17) is 0 Å². The van der Waals surface area contributed by atoms with Gasteiger partial charge in [-0.15, -0.1) is 0 Å². The van der Waals surface area contributed by atoms with Gasteiger partial charge in [0.2, 0.25) is 0 Å². The van der Waals surface area contributed by atoms with E-state index in [9.17, 15) is 14.9 Å². The van der Waals surface area contributed by atoms with Gasteiger partial charge < -0.3 is 9.80 Å². The first-order chi connectivity index (χ1) is 18.2. The van der Waals surface area contributed by atoms with Crippen LogP contribution in [0.1, 0.15) is 11.1 Å². The number of anilines is 6. The molecule has 4 nitrogen and oxygen atoms in total. The number of hydrogen-bond acceptors (Lipinski definition) is 4. The Hall–Kier alpha value is -5.39. The van der Waals surface area contributed by atoms with Gasteiger partial charge >= 0.3 is 0 Å². The van der Waals surface area contributed by atoms with E-state index in [0.717, 1.165) is 34.1 Å². The van der Waals surface area contributed by atoms with Crippen molar-refractivity contribution in [1.29, 1.82) is 10.5 Å². The Bertz CT molecular complexity index is 1630. The van der Waals surface area contributed by atoms with E-state index in [2.05, 4.69) is 46.2 Å². The first kappa shape index (κ1) is 22.1. The van der Waals surface area contributed by atoms with Gasteiger partial charge in [0.15, 0.2) is 0 Å². The third kappa shape index (κ3) is 3.67. The van der Waals surface area contributed by atoms with E-state index in [1.807, 2.05) is 78.9 Å². The molecule has 0 N–H and O–H groups in total. The van der Waals surface area contributed by atoms with Crippen molar-refractivity contribution in [2.24, 2.45) is 0 Å². The summed E-state index contributed by atoms with van der Waals surface area (Å²) in [7, 11) is 0. The molecule has 0 aliphatic carbocycles. The van der Waals surface area contributed by atoms with Gasteiger partial charge in [-0.3, -0.25) is 0 Å². The lowest BCUT2D eigenvalue weighted by atomic mass is 9.94. The Morgan fingerprint density at radius 2 is 0.919 bits per heavy atom. The molecule has 5 aromatic rings. The lowest BCUT2D eigenvalue weighted by molar-refractivity contribution is 0.627. The van der Waals surface area contributed by atoms with Gasteiger partial charge in [-0.05, 0) is 66.2 Å². The number of halogens is 1. The highest BCUT2D eigenvalue weighted by Gasteiger charge is 2.30. The predicted octanol–water partition coefficient (Wildman–Crippen LogP) is 8.49. The van der Waals surface area contributed by atoms with E-state index in [0.29, 0.717) is 11.1 Å². The maximum atomic E-state index is 13.9. The number of fused-ring (bicyclic) bond motifs is 2. The van der Waals surface area contributed by atoms with Crippen molar-refractivity contribution in [3.63, 3.8) is 0 Å². The van der Waals surface area contributed by atoms with Crippen LogP contribution in [0.15, 0.2) is 115 Å². The zero-order chi connectivity index (χ0) is 25.4. The molecule has 1 heterocycles. The maximum absolute atomic E-state index is 13.9. The summed E-state index contributed by atoms with van der Waals surface area (Å²) in [6, 6.07) is 40.8. The smallest absolute Gasteiger partial charge is 0.125 e. The van der Waals surface area contributed by atoms with Crippen molar-refractivity contribution < 1.29 is 4.39 Å². The molecule has 0 radical (unpaired) electrons. The summed E-state index contributed by atoms with van der Waals surface area (Å²) in [4.78, 5) is 4.46. The summed E-state index contributed by atoms with van der Waals surface area (Å²) in [6.45, 7) is 0. The predicted molar refractivity (Wildman–Crippen MR) is 144 cm³/mol. The minimum absolute atomic E-state index is 0.136. The first-order valence-electron chi connectivity index (χ1n) is 11.8. The number of nitrogens with zero attached hydrogens (tertiary/aromatic N) is 4. The molecule has 0 fully saturated rings. The number of rotatable bonds is 3. The Balaban J connectivity index is 1.50. The van der Waals surface area contributed by atoms with Crippen LogP contribution in [-0.2, 0) is 0 Å². The van der Waals surface area contributed by atoms with Crippen molar-refractivity contribution in [3.8, 4) is 23.3 Å². The quantitative estimate of drug-likeness (QED) is 0.256. The minimum Gasteiger partial charge on any atom is -0.306 e. The van der Waals surface area contributed by atoms with Crippen LogP contribution in [0, 0.1) is 28.5 Å². The van der Waals surface area contributed by atoms with Gasteiger partial charge in [0.05, 0.1) is 46.0 Å². The molecule has 1 aliphatic rings. The lowest BCUT2D eigenvalue weighted by Gasteiger charge is -2.40. The Labute approximate surface area is 214 Å². The molecule has 0 saturated carbocycles. The zero-order valence-corrected chi connectivity index (χ0v) is 19.6. The zero-order valence-electron chi connectivity index (χ0n) is 19.6. The summed E-state index contributed by atoms with van der Waals surface area (Å²) < 4.78 is 13.9. The number of para-hydroxylation sites is 5. The molecule has 5 heteroatoms. The Kier molecular flexibility index (Phi) is 5.37. The van der Waals surface area contributed by atoms with Crippen LogP contribution < -0.4 is 9.80 Å². The molecule has 174 valence electrons. The van der Waals surface area contributed by atoms with Crippen LogP contribution in [0.5, 0.6) is 0 Å². The highest BCUT2D eigenvalue weighted by Crippen LogP contribution is 2.53. The molecule has 6 rings (SSSR count). The average Bonchev–Trinajstić information content (AvgIpc) is 2.96. The van der Waals surface area contributed by atoms with Crippen molar-refractivity contribution in [1.82, 2.24) is 0 Å². The third-order valence-corrected chi connectivity index (χ3v) is 6.50. The highest BCUT2D eigenvalue weighted by molar-refractivity contribution is 6.01. The molecule has 1 aliphatic heterocycles. The second-order valence-electron chi connectivity index (χ2n) is 8.63. The first-order valence-corrected chi connectivity index (χ1v) is 11.8. The highest BCUT2D eigenvalue weighted by atomic mass is 19.1. The van der Waals surface area contributed by atoms with Gasteiger partial charge in [-0.25, -0.2) is 4.39 Å². The molecule has 0 aromatic heterocycles. The number of benzene rings is 5. The fraction of sp³-hybridized carbons (Fsp3) is 0. The van der Waals surface area contributed by atoms with Crippen molar-refractivity contribution in [2.45, 2.75) is 0 Å². The molecule has 0 saturated heterocycles. The van der Waals surface area contributed by atoms with E-state index >= 15 is 0 Å². The summed E-state index contributed by atoms with van der Waals surface area (Å²) in [6.07, 6.45) is 0. The summed E-state index contributed by atoms with van der Waals surface area (Å²) in [5.41, 5.74) is 7.53. The standard InChI is InChI=1S/C32H19FN4/c33-25-18-23(20-34)32(24(19-25)21-35)22-14-16-27(17-15-22)37-30-12-6-4-10-28(30)36(26-8-2-1-3-9-26)29-11-5-7-13-31(29)37/h1-19H. The minimum atomic E-state index is -0.599. The summed E-state index contributed by atoms with van der Waals surface area (Å²) in [5, 5.41) is 19.2. The summed E-state index contributed by atoms with van der Waals surface area (Å²) >= 11 is 0. The topological polar surface area (TPSA) is 54.1 Å². The summed E-state index contributed by atoms with van der Waals surface area (Å²) in [5.74, 6) is -0.599. The molecular weight excluding hydrogens is 459 g/mol. The fourth-order valence-electron chi connectivity index (χ4n) is 4.95. The van der Waals surface area contributed by atoms with Gasteiger partial charge in [-0.2, -0.15) is 10.5 Å². The molecule has 0 amide bonds. The third-order valence-electron chi connectivity index (χ3n) is 6.50. The van der Waals surface area contributed by atoms with Gasteiger partial charge in [-0.1, -0.05) is 54.6 Å². The molecule has 0 spiro atoms. The van der Waals surface area contributed by atoms with E-state index in [-0.39, 0.29) is 11.1 Å². The van der Waals surface area contributed by atoms with Crippen molar-refractivity contribution in [2.75, 3.05) is 9.80 Å². The molecule has 37 heavy (non-hydrogen) atoms. The molecular formula is C32H19FN4. The van der Waals surface area contributed by atoms with E-state index < -0.39 is 5.82 Å². The average molecular weight is 479 g/mol. The van der Waals surface area contributed by atoms with Crippen molar-refractivity contribution >= 4 is 34.1 Å². The molecule has 0 unspecified atom stereocenters. The van der Waals surface area contributed by atoms with Crippen LogP contribution in [0.3, 0.4) is 0 Å². The van der Waals surface area contributed by atoms with E-state index in [1.54, 1.807) is 0 Å². The van der Waals surface area contributed by atoms with Crippen LogP contribution in [0.2, 0.25) is 0 Å². The van der Waals surface area contributed by atoms with Crippen molar-refractivity contribution in [3.05, 3.63) is 132 Å². The Morgan fingerprint density at radius 3 is 1.35 bits per heavy atom. The maximum Gasteiger partial charge on any atom is 0.125 e. The van der Waals surface area contributed by atoms with Gasteiger partial charge in [0.1, 0.15) is 5.82 Å². The van der Waals surface area contributed by atoms with Crippen LogP contribution in [0.4, 0.5) is 38.5 Å². The second kappa shape index (κ2) is 9.00. The second-order valence-corrected chi connectivity index (χ2v) is 8.63. The number of hydrogen-bond donors (Lipinski definition) is 0. The van der Waals surface area contributed by atoms with Gasteiger partial charge in [0.25, 0.3) is 0 Å². The normalized spacial score (nSPS) is 11.8. The fourth-order valence-corrected chi connectivity index (χ4v) is 4.95. The molecule has 5 aromatic carbocycles. The lowest BCUT2D eigenvalue weighted by Crippen LogP contribution is -2.23. The Morgan fingerprint density at radius 1 is 0.514 bits per heavy atom. The van der Waals surface area contributed by atoms with Crippen LogP contribution >= 0.6 is 0 Å². The molecule has 0 atom stereocenters. The van der Waals surface area contributed by atoms with E-state index in [1.165, 1.54) is 12.1 Å². The SMILES string of the molecule is N#Cc1cc(F)cc(C#N)c1-c1ccc(N2c3ccccc3N(c3ccccc3)c3ccccc32)cc1. The van der Waals surface area contributed by atoms with Gasteiger partial charge in [0, 0.05) is 16.9 Å². The number of nitriles is 2. The van der Waals surface area contributed by atoms with Crippen LogP contribution in [0.25, 0.3) is 11.1 Å². The van der Waals surface area contributed by atoms with Crippen LogP contribution in [-0.4, -0.2) is 0 Å². The monoisotopic (exact) mass is 478 g/mol.